The fraction of sp³-hybridized carbons (Fsp3) is 0.250. The minimum atomic E-state index is -3.70. The first-order valence-corrected chi connectivity index (χ1v) is 8.95. The van der Waals surface area contributed by atoms with Gasteiger partial charge < -0.3 is 0 Å². The third kappa shape index (κ3) is 2.28. The number of nitrogens with one attached hydrogen (secondary N) is 1. The fourth-order valence-corrected chi connectivity index (χ4v) is 4.49. The van der Waals surface area contributed by atoms with Crippen LogP contribution in [0, 0.1) is 0 Å². The molecule has 2 aromatic heterocycles. The quantitative estimate of drug-likeness (QED) is 0.800. The Morgan fingerprint density at radius 2 is 2.09 bits per heavy atom. The van der Waals surface area contributed by atoms with E-state index in [2.05, 4.69) is 14.8 Å². The van der Waals surface area contributed by atoms with Gasteiger partial charge in [-0.05, 0) is 36.8 Å². The van der Waals surface area contributed by atoms with Crippen LogP contribution in [-0.2, 0) is 29.9 Å². The molecule has 0 radical (unpaired) electrons. The molecule has 0 saturated heterocycles. The molecule has 0 amide bonds. The van der Waals surface area contributed by atoms with Crippen LogP contribution in [0.25, 0.3) is 10.8 Å². The van der Waals surface area contributed by atoms with E-state index < -0.39 is 10.0 Å². The van der Waals surface area contributed by atoms with Crippen LogP contribution in [0.2, 0.25) is 0 Å². The highest BCUT2D eigenvalue weighted by Crippen LogP contribution is 2.31. The number of pyridine rings is 1. The molecule has 7 heteroatoms. The van der Waals surface area contributed by atoms with Gasteiger partial charge in [-0.15, -0.1) is 0 Å². The zero-order valence-electron chi connectivity index (χ0n) is 12.7. The zero-order valence-corrected chi connectivity index (χ0v) is 13.5. The third-order valence-electron chi connectivity index (χ3n) is 4.23. The second kappa shape index (κ2) is 5.06. The van der Waals surface area contributed by atoms with Gasteiger partial charge in [-0.3, -0.25) is 14.4 Å². The van der Waals surface area contributed by atoms with Crippen molar-refractivity contribution in [2.45, 2.75) is 24.2 Å². The SMILES string of the molecule is Cn1nc2c(c1NS(=O)(=O)c1cccc3ccncc13)CCC2. The van der Waals surface area contributed by atoms with Crippen molar-refractivity contribution < 1.29 is 8.42 Å². The highest BCUT2D eigenvalue weighted by atomic mass is 32.2. The lowest BCUT2D eigenvalue weighted by molar-refractivity contribution is 0.601. The van der Waals surface area contributed by atoms with E-state index in [-0.39, 0.29) is 4.90 Å². The lowest BCUT2D eigenvalue weighted by Gasteiger charge is -2.11. The van der Waals surface area contributed by atoms with Crippen molar-refractivity contribution in [1.29, 1.82) is 0 Å². The molecule has 1 aliphatic carbocycles. The Balaban J connectivity index is 1.82. The summed E-state index contributed by atoms with van der Waals surface area (Å²) < 4.78 is 30.1. The number of aromatic nitrogens is 3. The maximum atomic E-state index is 12.9. The van der Waals surface area contributed by atoms with Crippen LogP contribution in [-0.4, -0.2) is 23.2 Å². The second-order valence-electron chi connectivity index (χ2n) is 5.71. The smallest absolute Gasteiger partial charge is 0.263 e. The van der Waals surface area contributed by atoms with E-state index in [9.17, 15) is 8.42 Å². The van der Waals surface area contributed by atoms with Gasteiger partial charge in [0.15, 0.2) is 0 Å². The van der Waals surface area contributed by atoms with Gasteiger partial charge in [0, 0.05) is 30.4 Å². The number of nitrogens with zero attached hydrogens (tertiary/aromatic N) is 3. The molecule has 23 heavy (non-hydrogen) atoms. The van der Waals surface area contributed by atoms with Gasteiger partial charge >= 0.3 is 0 Å². The summed E-state index contributed by atoms with van der Waals surface area (Å²) in [6, 6.07) is 7.02. The number of fused-ring (bicyclic) bond motifs is 2. The molecule has 0 aliphatic heterocycles. The summed E-state index contributed by atoms with van der Waals surface area (Å²) >= 11 is 0. The largest absolute Gasteiger partial charge is 0.264 e. The van der Waals surface area contributed by atoms with Crippen LogP contribution >= 0.6 is 0 Å². The summed E-state index contributed by atoms with van der Waals surface area (Å²) in [6.07, 6.45) is 6.02. The summed E-state index contributed by atoms with van der Waals surface area (Å²) in [4.78, 5) is 4.28. The van der Waals surface area contributed by atoms with E-state index in [1.165, 1.54) is 0 Å². The molecule has 118 valence electrons. The van der Waals surface area contributed by atoms with Crippen LogP contribution < -0.4 is 4.72 Å². The third-order valence-corrected chi connectivity index (χ3v) is 5.63. The molecule has 1 aliphatic rings. The van der Waals surface area contributed by atoms with E-state index in [0.717, 1.165) is 35.9 Å². The lowest BCUT2D eigenvalue weighted by atomic mass is 10.2. The minimum Gasteiger partial charge on any atom is -0.264 e. The molecule has 3 aromatic rings. The number of hydrogen-bond acceptors (Lipinski definition) is 4. The van der Waals surface area contributed by atoms with Crippen molar-refractivity contribution >= 4 is 26.6 Å². The molecule has 0 bridgehead atoms. The van der Waals surface area contributed by atoms with Crippen LogP contribution in [0.15, 0.2) is 41.6 Å². The molecule has 0 saturated carbocycles. The molecular formula is C16H16N4O2S. The van der Waals surface area contributed by atoms with Gasteiger partial charge in [0.1, 0.15) is 5.82 Å². The molecule has 0 spiro atoms. The molecule has 2 heterocycles. The summed E-state index contributed by atoms with van der Waals surface area (Å²) in [5.41, 5.74) is 2.00. The minimum absolute atomic E-state index is 0.232. The first-order chi connectivity index (χ1) is 11.1. The highest BCUT2D eigenvalue weighted by Gasteiger charge is 2.25. The average molecular weight is 328 g/mol. The van der Waals surface area contributed by atoms with E-state index in [1.54, 1.807) is 42.3 Å². The van der Waals surface area contributed by atoms with Gasteiger partial charge in [0.25, 0.3) is 10.0 Å². The fourth-order valence-electron chi connectivity index (χ4n) is 3.15. The predicted octanol–water partition coefficient (Wildman–Crippen LogP) is 2.26. The molecule has 0 fully saturated rings. The normalized spacial score (nSPS) is 14.1. The Morgan fingerprint density at radius 3 is 2.96 bits per heavy atom. The number of rotatable bonds is 3. The van der Waals surface area contributed by atoms with Crippen molar-refractivity contribution in [3.63, 3.8) is 0 Å². The maximum Gasteiger partial charge on any atom is 0.263 e. The average Bonchev–Trinajstić information content (AvgIpc) is 3.09. The number of hydrogen-bond donors (Lipinski definition) is 1. The van der Waals surface area contributed by atoms with Gasteiger partial charge in [0.2, 0.25) is 0 Å². The Bertz CT molecular complexity index is 1000. The molecule has 4 rings (SSSR count). The van der Waals surface area contributed by atoms with Crippen molar-refractivity contribution in [3.05, 3.63) is 47.9 Å². The van der Waals surface area contributed by atoms with Crippen molar-refractivity contribution in [1.82, 2.24) is 14.8 Å². The highest BCUT2D eigenvalue weighted by molar-refractivity contribution is 7.93. The molecular weight excluding hydrogens is 312 g/mol. The van der Waals surface area contributed by atoms with E-state index in [1.807, 2.05) is 6.07 Å². The molecule has 1 N–H and O–H groups in total. The van der Waals surface area contributed by atoms with Crippen LogP contribution in [0.1, 0.15) is 17.7 Å². The Labute approximate surface area is 134 Å². The number of aryl methyl sites for hydroxylation is 2. The zero-order chi connectivity index (χ0) is 16.0. The van der Waals surface area contributed by atoms with Gasteiger partial charge in [-0.1, -0.05) is 12.1 Å². The van der Waals surface area contributed by atoms with E-state index >= 15 is 0 Å². The standard InChI is InChI=1S/C16H16N4O2S/c1-20-16(12-5-3-6-14(12)18-20)19-23(21,22)15-7-2-4-11-8-9-17-10-13(11)15/h2,4,7-10,19H,3,5-6H2,1H3. The summed E-state index contributed by atoms with van der Waals surface area (Å²) in [7, 11) is -1.94. The van der Waals surface area contributed by atoms with E-state index in [0.29, 0.717) is 11.2 Å². The molecule has 1 aromatic carbocycles. The van der Waals surface area contributed by atoms with Crippen LogP contribution in [0.5, 0.6) is 0 Å². The molecule has 6 nitrogen and oxygen atoms in total. The van der Waals surface area contributed by atoms with Gasteiger partial charge in [-0.2, -0.15) is 5.10 Å². The summed E-state index contributed by atoms with van der Waals surface area (Å²) in [5.74, 6) is 0.568. The summed E-state index contributed by atoms with van der Waals surface area (Å²) in [5, 5.41) is 5.87. The number of anilines is 1. The van der Waals surface area contributed by atoms with Gasteiger partial charge in [-0.25, -0.2) is 8.42 Å². The number of sulfonamides is 1. The first kappa shape index (κ1) is 14.2. The number of benzene rings is 1. The monoisotopic (exact) mass is 328 g/mol. The lowest BCUT2D eigenvalue weighted by Crippen LogP contribution is -2.16. The summed E-state index contributed by atoms with van der Waals surface area (Å²) in [6.45, 7) is 0. The maximum absolute atomic E-state index is 12.9. The van der Waals surface area contributed by atoms with Crippen LogP contribution in [0.4, 0.5) is 5.82 Å². The van der Waals surface area contributed by atoms with Gasteiger partial charge in [0.05, 0.1) is 10.6 Å². The van der Waals surface area contributed by atoms with E-state index in [4.69, 9.17) is 0 Å². The van der Waals surface area contributed by atoms with Crippen molar-refractivity contribution in [2.75, 3.05) is 4.72 Å². The van der Waals surface area contributed by atoms with Crippen LogP contribution in [0.3, 0.4) is 0 Å². The first-order valence-electron chi connectivity index (χ1n) is 7.46. The predicted molar refractivity (Wildman–Crippen MR) is 87.8 cm³/mol. The van der Waals surface area contributed by atoms with Crippen molar-refractivity contribution in [3.8, 4) is 0 Å². The Morgan fingerprint density at radius 1 is 1.22 bits per heavy atom. The topological polar surface area (TPSA) is 76.9 Å². The Kier molecular flexibility index (Phi) is 3.12. The molecule has 0 unspecified atom stereocenters. The second-order valence-corrected chi connectivity index (χ2v) is 7.36. The Hall–Kier alpha value is -2.41. The van der Waals surface area contributed by atoms with Crippen molar-refractivity contribution in [2.24, 2.45) is 7.05 Å². The molecule has 0 atom stereocenters.